The van der Waals surface area contributed by atoms with Crippen molar-refractivity contribution in [3.8, 4) is 5.75 Å². The molecule has 1 atom stereocenters. The normalized spacial score (nSPS) is 11.9. The highest BCUT2D eigenvalue weighted by atomic mass is 32.2. The summed E-state index contributed by atoms with van der Waals surface area (Å²) < 4.78 is 45.4. The Morgan fingerprint density at radius 3 is 2.14 bits per heavy atom. The number of hydrogen-bond acceptors (Lipinski definition) is 5. The second kappa shape index (κ2) is 12.4. The molecule has 0 unspecified atom stereocenters. The molecule has 0 aliphatic heterocycles. The Bertz CT molecular complexity index is 1300. The Labute approximate surface area is 216 Å². The first-order valence-electron chi connectivity index (χ1n) is 11.6. The second-order valence-corrected chi connectivity index (χ2v) is 10.4. The summed E-state index contributed by atoms with van der Waals surface area (Å²) in [6, 6.07) is 20.6. The zero-order valence-electron chi connectivity index (χ0n) is 20.9. The van der Waals surface area contributed by atoms with Crippen molar-refractivity contribution >= 4 is 27.5 Å². The van der Waals surface area contributed by atoms with Crippen molar-refractivity contribution < 1.29 is 27.1 Å². The number of carbonyl (C=O) groups excluding carboxylic acids is 2. The molecule has 0 aliphatic rings. The van der Waals surface area contributed by atoms with Crippen molar-refractivity contribution in [2.24, 2.45) is 0 Å². The highest BCUT2D eigenvalue weighted by Crippen LogP contribution is 2.23. The van der Waals surface area contributed by atoms with E-state index in [2.05, 4.69) is 5.32 Å². The van der Waals surface area contributed by atoms with Crippen LogP contribution in [0.5, 0.6) is 5.75 Å². The Kier molecular flexibility index (Phi) is 9.24. The van der Waals surface area contributed by atoms with Gasteiger partial charge < -0.3 is 15.0 Å². The average molecular weight is 528 g/mol. The maximum atomic E-state index is 13.4. The molecule has 3 aromatic carbocycles. The number of carbonyl (C=O) groups is 2. The van der Waals surface area contributed by atoms with Gasteiger partial charge in [0.15, 0.2) is 0 Å². The molecule has 0 aromatic heterocycles. The third kappa shape index (κ3) is 7.78. The quantitative estimate of drug-likeness (QED) is 0.413. The highest BCUT2D eigenvalue weighted by Gasteiger charge is 2.29. The molecule has 1 N–H and O–H groups in total. The monoisotopic (exact) mass is 527 g/mol. The first-order valence-corrected chi connectivity index (χ1v) is 13.4. The van der Waals surface area contributed by atoms with Crippen LogP contribution in [0.2, 0.25) is 0 Å². The fourth-order valence-electron chi connectivity index (χ4n) is 3.64. The molecule has 0 spiro atoms. The molecule has 10 heteroatoms. The van der Waals surface area contributed by atoms with E-state index in [1.807, 2.05) is 30.3 Å². The Hall–Kier alpha value is -3.92. The van der Waals surface area contributed by atoms with Crippen LogP contribution >= 0.6 is 0 Å². The number of nitrogens with zero attached hydrogens (tertiary/aromatic N) is 2. The zero-order chi connectivity index (χ0) is 27.0. The molecule has 0 heterocycles. The molecule has 3 rings (SSSR count). The molecule has 2 amide bonds. The summed E-state index contributed by atoms with van der Waals surface area (Å²) in [7, 11) is -2.40. The molecule has 0 saturated carbocycles. The third-order valence-corrected chi connectivity index (χ3v) is 6.87. The van der Waals surface area contributed by atoms with E-state index in [1.165, 1.54) is 36.2 Å². The van der Waals surface area contributed by atoms with E-state index in [0.717, 1.165) is 16.1 Å². The van der Waals surface area contributed by atoms with Crippen LogP contribution in [-0.2, 0) is 32.8 Å². The zero-order valence-corrected chi connectivity index (χ0v) is 21.7. The number of nitrogens with one attached hydrogen (secondary N) is 1. The largest absolute Gasteiger partial charge is 0.489 e. The molecule has 8 nitrogen and oxygen atoms in total. The minimum atomic E-state index is -3.85. The number of amides is 2. The van der Waals surface area contributed by atoms with Crippen molar-refractivity contribution in [3.05, 3.63) is 95.8 Å². The van der Waals surface area contributed by atoms with Crippen LogP contribution in [0.25, 0.3) is 0 Å². The van der Waals surface area contributed by atoms with Crippen molar-refractivity contribution in [2.75, 3.05) is 24.2 Å². The molecule has 196 valence electrons. The fourth-order valence-corrected chi connectivity index (χ4v) is 4.49. The van der Waals surface area contributed by atoms with Gasteiger partial charge in [-0.2, -0.15) is 0 Å². The van der Waals surface area contributed by atoms with E-state index in [9.17, 15) is 22.4 Å². The number of halogens is 1. The first-order chi connectivity index (χ1) is 17.6. The molecule has 0 bridgehead atoms. The molecular weight excluding hydrogens is 497 g/mol. The molecule has 0 saturated heterocycles. The van der Waals surface area contributed by atoms with Gasteiger partial charge in [-0.3, -0.25) is 13.9 Å². The van der Waals surface area contributed by atoms with Gasteiger partial charge in [-0.15, -0.1) is 0 Å². The van der Waals surface area contributed by atoms with E-state index in [0.29, 0.717) is 17.9 Å². The maximum Gasteiger partial charge on any atom is 0.244 e. The van der Waals surface area contributed by atoms with Gasteiger partial charge in [-0.25, -0.2) is 12.8 Å². The molecule has 3 aromatic rings. The summed E-state index contributed by atoms with van der Waals surface area (Å²) in [5.41, 5.74) is 1.86. The van der Waals surface area contributed by atoms with Crippen LogP contribution in [0.1, 0.15) is 18.1 Å². The van der Waals surface area contributed by atoms with Gasteiger partial charge in [-0.1, -0.05) is 42.5 Å². The lowest BCUT2D eigenvalue weighted by Gasteiger charge is -2.31. The van der Waals surface area contributed by atoms with Crippen molar-refractivity contribution in [2.45, 2.75) is 26.1 Å². The fraction of sp³-hybridized carbons (Fsp3) is 0.259. The van der Waals surface area contributed by atoms with Crippen molar-refractivity contribution in [1.82, 2.24) is 10.2 Å². The van der Waals surface area contributed by atoms with E-state index < -0.39 is 40.2 Å². The summed E-state index contributed by atoms with van der Waals surface area (Å²) in [5.74, 6) is -0.893. The van der Waals surface area contributed by atoms with Gasteiger partial charge in [0.05, 0.1) is 11.9 Å². The van der Waals surface area contributed by atoms with Gasteiger partial charge in [0, 0.05) is 13.6 Å². The number of hydrogen-bond donors (Lipinski definition) is 1. The molecule has 0 fully saturated rings. The third-order valence-electron chi connectivity index (χ3n) is 5.73. The van der Waals surface area contributed by atoms with Crippen LogP contribution in [0.3, 0.4) is 0 Å². The van der Waals surface area contributed by atoms with Crippen molar-refractivity contribution in [1.29, 1.82) is 0 Å². The number of sulfonamides is 1. The van der Waals surface area contributed by atoms with Crippen LogP contribution in [0.15, 0.2) is 78.9 Å². The van der Waals surface area contributed by atoms with Gasteiger partial charge >= 0.3 is 0 Å². The van der Waals surface area contributed by atoms with Crippen LogP contribution in [-0.4, -0.2) is 51.0 Å². The smallest absolute Gasteiger partial charge is 0.244 e. The summed E-state index contributed by atoms with van der Waals surface area (Å²) >= 11 is 0. The minimum Gasteiger partial charge on any atom is -0.489 e. The number of rotatable bonds is 11. The van der Waals surface area contributed by atoms with Gasteiger partial charge in [-0.05, 0) is 54.4 Å². The van der Waals surface area contributed by atoms with Gasteiger partial charge in [0.1, 0.15) is 30.8 Å². The summed E-state index contributed by atoms with van der Waals surface area (Å²) in [6.07, 6.45) is 1.01. The average Bonchev–Trinajstić information content (AvgIpc) is 2.89. The van der Waals surface area contributed by atoms with E-state index in [4.69, 9.17) is 4.74 Å². The SMILES string of the molecule is CNC(=O)[C@@H](C)N(Cc1ccc(F)cc1)C(=O)CN(c1ccc(OCc2ccccc2)cc1)S(C)(=O)=O. The predicted molar refractivity (Wildman–Crippen MR) is 140 cm³/mol. The van der Waals surface area contributed by atoms with E-state index >= 15 is 0 Å². The lowest BCUT2D eigenvalue weighted by Crippen LogP contribution is -2.50. The molecule has 37 heavy (non-hydrogen) atoms. The summed E-state index contributed by atoms with van der Waals surface area (Å²) in [5, 5.41) is 2.50. The van der Waals surface area contributed by atoms with Gasteiger partial charge in [0.2, 0.25) is 21.8 Å². The van der Waals surface area contributed by atoms with Crippen LogP contribution in [0, 0.1) is 5.82 Å². The highest BCUT2D eigenvalue weighted by molar-refractivity contribution is 7.92. The van der Waals surface area contributed by atoms with E-state index in [1.54, 1.807) is 31.2 Å². The summed E-state index contributed by atoms with van der Waals surface area (Å²) in [6.45, 7) is 1.37. The lowest BCUT2D eigenvalue weighted by molar-refractivity contribution is -0.139. The van der Waals surface area contributed by atoms with Crippen LogP contribution in [0.4, 0.5) is 10.1 Å². The first kappa shape index (κ1) is 27.7. The number of benzene rings is 3. The number of likely N-dealkylation sites (N-methyl/N-ethyl adjacent to an activating group) is 1. The Morgan fingerprint density at radius 1 is 0.946 bits per heavy atom. The molecule has 0 aliphatic carbocycles. The van der Waals surface area contributed by atoms with Crippen molar-refractivity contribution in [3.63, 3.8) is 0 Å². The standard InChI is InChI=1S/C27H30FN3O5S/c1-20(27(33)29-2)30(17-21-9-11-23(28)12-10-21)26(32)18-31(37(3,34)35)24-13-15-25(16-14-24)36-19-22-7-5-4-6-8-22/h4-16,20H,17-19H2,1-3H3,(H,29,33)/t20-/m1/s1. The second-order valence-electron chi connectivity index (χ2n) is 8.48. The number of ether oxygens (including phenoxy) is 1. The topological polar surface area (TPSA) is 96.0 Å². The Morgan fingerprint density at radius 2 is 1.57 bits per heavy atom. The Balaban J connectivity index is 1.80. The maximum absolute atomic E-state index is 13.4. The molecule has 0 radical (unpaired) electrons. The minimum absolute atomic E-state index is 0.00241. The lowest BCUT2D eigenvalue weighted by atomic mass is 10.1. The van der Waals surface area contributed by atoms with Gasteiger partial charge in [0.25, 0.3) is 0 Å². The predicted octanol–water partition coefficient (Wildman–Crippen LogP) is 3.33. The molecular formula is C27H30FN3O5S. The van der Waals surface area contributed by atoms with Crippen LogP contribution < -0.4 is 14.4 Å². The van der Waals surface area contributed by atoms with E-state index in [-0.39, 0.29) is 12.2 Å². The summed E-state index contributed by atoms with van der Waals surface area (Å²) in [4.78, 5) is 27.0. The number of anilines is 1.